The van der Waals surface area contributed by atoms with Gasteiger partial charge in [-0.25, -0.2) is 0 Å². The van der Waals surface area contributed by atoms with E-state index < -0.39 is 0 Å². The molecule has 1 atom stereocenters. The summed E-state index contributed by atoms with van der Waals surface area (Å²) >= 11 is 0. The standard InChI is InChI=1S/C13H17NO2/c1-4-11(5-2)14-9-10-8-12(16-3)6-7-13(10)15/h1,6-8,11,14-15H,5,9H2,2-3H3. The molecule has 1 unspecified atom stereocenters. The van der Waals surface area contributed by atoms with E-state index in [0.717, 1.165) is 17.7 Å². The highest BCUT2D eigenvalue weighted by Gasteiger charge is 2.05. The van der Waals surface area contributed by atoms with E-state index in [1.165, 1.54) is 0 Å². The number of terminal acetylenes is 1. The Hall–Kier alpha value is -1.66. The Morgan fingerprint density at radius 3 is 2.88 bits per heavy atom. The maximum Gasteiger partial charge on any atom is 0.120 e. The van der Waals surface area contributed by atoms with Crippen LogP contribution in [0.25, 0.3) is 0 Å². The molecule has 0 saturated carbocycles. The molecule has 0 aliphatic heterocycles. The molecule has 0 saturated heterocycles. The minimum absolute atomic E-state index is 0.0330. The fraction of sp³-hybridized carbons (Fsp3) is 0.385. The number of ether oxygens (including phenoxy) is 1. The second kappa shape index (κ2) is 6.04. The molecule has 0 fully saturated rings. The van der Waals surface area contributed by atoms with Crippen LogP contribution in [0.5, 0.6) is 11.5 Å². The molecule has 2 N–H and O–H groups in total. The molecule has 0 heterocycles. The lowest BCUT2D eigenvalue weighted by Gasteiger charge is -2.12. The van der Waals surface area contributed by atoms with Gasteiger partial charge in [0.2, 0.25) is 0 Å². The Balaban J connectivity index is 2.69. The molecule has 0 spiro atoms. The zero-order chi connectivity index (χ0) is 12.0. The molecular formula is C13H17NO2. The Bertz CT molecular complexity index is 382. The van der Waals surface area contributed by atoms with Crippen LogP contribution in [0.2, 0.25) is 0 Å². The number of aromatic hydroxyl groups is 1. The van der Waals surface area contributed by atoms with Gasteiger partial charge < -0.3 is 9.84 Å². The van der Waals surface area contributed by atoms with Gasteiger partial charge in [0, 0.05) is 12.1 Å². The molecule has 0 radical (unpaired) electrons. The van der Waals surface area contributed by atoms with Gasteiger partial charge in [-0.05, 0) is 24.6 Å². The third-order valence-corrected chi connectivity index (χ3v) is 2.44. The van der Waals surface area contributed by atoms with Gasteiger partial charge in [-0.15, -0.1) is 6.42 Å². The summed E-state index contributed by atoms with van der Waals surface area (Å²) in [6.07, 6.45) is 6.20. The van der Waals surface area contributed by atoms with Crippen molar-refractivity contribution in [2.75, 3.05) is 7.11 Å². The van der Waals surface area contributed by atoms with Crippen LogP contribution >= 0.6 is 0 Å². The van der Waals surface area contributed by atoms with Crippen molar-refractivity contribution in [3.63, 3.8) is 0 Å². The van der Waals surface area contributed by atoms with E-state index in [2.05, 4.69) is 11.2 Å². The SMILES string of the molecule is C#CC(CC)NCc1cc(OC)ccc1O. The number of phenolic OH excluding ortho intramolecular Hbond substituents is 1. The number of methoxy groups -OCH3 is 1. The molecule has 1 aromatic rings. The summed E-state index contributed by atoms with van der Waals surface area (Å²) in [4.78, 5) is 0. The maximum atomic E-state index is 9.64. The zero-order valence-corrected chi connectivity index (χ0v) is 9.66. The van der Waals surface area contributed by atoms with Crippen molar-refractivity contribution >= 4 is 0 Å². The second-order valence-corrected chi connectivity index (χ2v) is 3.50. The summed E-state index contributed by atoms with van der Waals surface area (Å²) in [5.74, 6) is 3.62. The number of hydrogen-bond acceptors (Lipinski definition) is 3. The van der Waals surface area contributed by atoms with Crippen molar-refractivity contribution in [1.29, 1.82) is 0 Å². The van der Waals surface area contributed by atoms with Gasteiger partial charge in [0.1, 0.15) is 11.5 Å². The molecule has 1 aromatic carbocycles. The highest BCUT2D eigenvalue weighted by Crippen LogP contribution is 2.22. The van der Waals surface area contributed by atoms with Gasteiger partial charge in [0.05, 0.1) is 13.2 Å². The number of benzene rings is 1. The lowest BCUT2D eigenvalue weighted by atomic mass is 10.1. The molecule has 1 rings (SSSR count). The Labute approximate surface area is 96.4 Å². The number of phenols is 1. The minimum Gasteiger partial charge on any atom is -0.508 e. The monoisotopic (exact) mass is 219 g/mol. The third-order valence-electron chi connectivity index (χ3n) is 2.44. The molecule has 0 aromatic heterocycles. The molecule has 86 valence electrons. The van der Waals surface area contributed by atoms with Crippen molar-refractivity contribution in [2.24, 2.45) is 0 Å². The predicted molar refractivity (Wildman–Crippen MR) is 64.4 cm³/mol. The van der Waals surface area contributed by atoms with Crippen molar-refractivity contribution in [3.8, 4) is 23.8 Å². The average molecular weight is 219 g/mol. The van der Waals surface area contributed by atoms with Gasteiger partial charge in [-0.1, -0.05) is 12.8 Å². The van der Waals surface area contributed by atoms with Gasteiger partial charge >= 0.3 is 0 Å². The van der Waals surface area contributed by atoms with Crippen LogP contribution < -0.4 is 10.1 Å². The topological polar surface area (TPSA) is 41.5 Å². The fourth-order valence-electron chi connectivity index (χ4n) is 1.38. The Morgan fingerprint density at radius 1 is 1.56 bits per heavy atom. The van der Waals surface area contributed by atoms with Crippen LogP contribution in [0.4, 0.5) is 0 Å². The van der Waals surface area contributed by atoms with E-state index in [9.17, 15) is 5.11 Å². The van der Waals surface area contributed by atoms with Crippen LogP contribution in [0.3, 0.4) is 0 Å². The fourth-order valence-corrected chi connectivity index (χ4v) is 1.38. The summed E-state index contributed by atoms with van der Waals surface area (Å²) in [6, 6.07) is 5.17. The van der Waals surface area contributed by atoms with Crippen LogP contribution in [0.15, 0.2) is 18.2 Å². The van der Waals surface area contributed by atoms with Crippen molar-refractivity contribution in [2.45, 2.75) is 25.9 Å². The first-order valence-corrected chi connectivity index (χ1v) is 5.26. The minimum atomic E-state index is 0.0330. The Morgan fingerprint density at radius 2 is 2.31 bits per heavy atom. The molecular weight excluding hydrogens is 202 g/mol. The van der Waals surface area contributed by atoms with Crippen molar-refractivity contribution in [1.82, 2.24) is 5.32 Å². The molecule has 3 heteroatoms. The van der Waals surface area contributed by atoms with E-state index in [1.54, 1.807) is 25.3 Å². The first-order chi connectivity index (χ1) is 7.71. The van der Waals surface area contributed by atoms with Gasteiger partial charge in [-0.3, -0.25) is 5.32 Å². The predicted octanol–water partition coefficient (Wildman–Crippen LogP) is 1.90. The smallest absolute Gasteiger partial charge is 0.120 e. The summed E-state index contributed by atoms with van der Waals surface area (Å²) in [7, 11) is 1.60. The molecule has 16 heavy (non-hydrogen) atoms. The first-order valence-electron chi connectivity index (χ1n) is 5.26. The van der Waals surface area contributed by atoms with Crippen LogP contribution in [-0.2, 0) is 6.54 Å². The summed E-state index contributed by atoms with van der Waals surface area (Å²) < 4.78 is 5.09. The maximum absolute atomic E-state index is 9.64. The lowest BCUT2D eigenvalue weighted by Crippen LogP contribution is -2.26. The van der Waals surface area contributed by atoms with E-state index in [1.807, 2.05) is 6.92 Å². The average Bonchev–Trinajstić information content (AvgIpc) is 2.32. The van der Waals surface area contributed by atoms with Crippen molar-refractivity contribution in [3.05, 3.63) is 23.8 Å². The number of nitrogens with one attached hydrogen (secondary N) is 1. The van der Waals surface area contributed by atoms with Gasteiger partial charge in [-0.2, -0.15) is 0 Å². The normalized spacial score (nSPS) is 11.8. The van der Waals surface area contributed by atoms with Gasteiger partial charge in [0.15, 0.2) is 0 Å². The zero-order valence-electron chi connectivity index (χ0n) is 9.66. The molecule has 3 nitrogen and oxygen atoms in total. The summed E-state index contributed by atoms with van der Waals surface area (Å²) in [5, 5.41) is 12.8. The summed E-state index contributed by atoms with van der Waals surface area (Å²) in [5.41, 5.74) is 0.785. The highest BCUT2D eigenvalue weighted by molar-refractivity contribution is 5.39. The summed E-state index contributed by atoms with van der Waals surface area (Å²) in [6.45, 7) is 2.55. The lowest BCUT2D eigenvalue weighted by molar-refractivity contribution is 0.409. The number of hydrogen-bond donors (Lipinski definition) is 2. The van der Waals surface area contributed by atoms with Crippen LogP contribution in [-0.4, -0.2) is 18.3 Å². The molecule has 0 amide bonds. The van der Waals surface area contributed by atoms with E-state index >= 15 is 0 Å². The van der Waals surface area contributed by atoms with Crippen LogP contribution in [0, 0.1) is 12.3 Å². The molecule has 0 aliphatic carbocycles. The third kappa shape index (κ3) is 3.18. The van der Waals surface area contributed by atoms with E-state index in [-0.39, 0.29) is 11.8 Å². The first kappa shape index (κ1) is 12.4. The van der Waals surface area contributed by atoms with E-state index in [4.69, 9.17) is 11.2 Å². The van der Waals surface area contributed by atoms with Crippen molar-refractivity contribution < 1.29 is 9.84 Å². The van der Waals surface area contributed by atoms with Crippen LogP contribution in [0.1, 0.15) is 18.9 Å². The molecule has 0 bridgehead atoms. The largest absolute Gasteiger partial charge is 0.508 e. The van der Waals surface area contributed by atoms with E-state index in [0.29, 0.717) is 6.54 Å². The van der Waals surface area contributed by atoms with Gasteiger partial charge in [0.25, 0.3) is 0 Å². The highest BCUT2D eigenvalue weighted by atomic mass is 16.5. The quantitative estimate of drug-likeness (QED) is 0.743. The Kier molecular flexibility index (Phi) is 4.68. The molecule has 0 aliphatic rings. The number of rotatable bonds is 5. The second-order valence-electron chi connectivity index (χ2n) is 3.50.